The van der Waals surface area contributed by atoms with Gasteiger partial charge in [-0.15, -0.1) is 0 Å². The minimum absolute atomic E-state index is 0.113. The molecule has 0 bridgehead atoms. The van der Waals surface area contributed by atoms with Crippen LogP contribution in [0.25, 0.3) is 0 Å². The van der Waals surface area contributed by atoms with Crippen LogP contribution in [0, 0.1) is 5.82 Å². The van der Waals surface area contributed by atoms with Crippen molar-refractivity contribution in [3.05, 3.63) is 89.7 Å². The first-order chi connectivity index (χ1) is 12.1. The number of hydrogen-bond acceptors (Lipinski definition) is 3. The lowest BCUT2D eigenvalue weighted by atomic mass is 10.1. The molecule has 0 amide bonds. The van der Waals surface area contributed by atoms with E-state index >= 15 is 0 Å². The smallest absolute Gasteiger partial charge is 0.166 e. The van der Waals surface area contributed by atoms with Crippen molar-refractivity contribution in [3.8, 4) is 17.2 Å². The van der Waals surface area contributed by atoms with Crippen molar-refractivity contribution in [1.29, 1.82) is 0 Å². The van der Waals surface area contributed by atoms with Crippen LogP contribution in [0.2, 0.25) is 0 Å². The second kappa shape index (κ2) is 7.81. The summed E-state index contributed by atoms with van der Waals surface area (Å²) in [5.74, 6) is 0.821. The number of benzene rings is 3. The molecule has 3 aromatic carbocycles. The van der Waals surface area contributed by atoms with Crippen molar-refractivity contribution in [2.75, 3.05) is 0 Å². The van der Waals surface area contributed by atoms with Crippen LogP contribution in [-0.4, -0.2) is 5.11 Å². The van der Waals surface area contributed by atoms with Crippen molar-refractivity contribution < 1.29 is 19.0 Å². The largest absolute Gasteiger partial charge is 0.489 e. The normalized spacial score (nSPS) is 11.8. The van der Waals surface area contributed by atoms with Gasteiger partial charge >= 0.3 is 0 Å². The number of halogens is 1. The zero-order valence-corrected chi connectivity index (χ0v) is 13.9. The van der Waals surface area contributed by atoms with Gasteiger partial charge in [0.2, 0.25) is 0 Å². The molecule has 3 rings (SSSR count). The minimum Gasteiger partial charge on any atom is -0.489 e. The SMILES string of the molecule is CC(O)c1ccc(Oc2ccc(OCc3ccccc3)cc2)c(F)c1. The number of aliphatic hydroxyl groups is 1. The summed E-state index contributed by atoms with van der Waals surface area (Å²) in [6, 6.07) is 21.3. The molecule has 0 aliphatic rings. The van der Waals surface area contributed by atoms with Gasteiger partial charge in [0.1, 0.15) is 18.1 Å². The van der Waals surface area contributed by atoms with Crippen LogP contribution in [0.4, 0.5) is 4.39 Å². The van der Waals surface area contributed by atoms with Crippen LogP contribution < -0.4 is 9.47 Å². The van der Waals surface area contributed by atoms with Gasteiger partial charge in [-0.2, -0.15) is 0 Å². The van der Waals surface area contributed by atoms with Crippen molar-refractivity contribution in [1.82, 2.24) is 0 Å². The highest BCUT2D eigenvalue weighted by Crippen LogP contribution is 2.28. The Balaban J connectivity index is 1.63. The van der Waals surface area contributed by atoms with E-state index in [-0.39, 0.29) is 5.75 Å². The molecule has 4 heteroatoms. The molecule has 0 saturated carbocycles. The van der Waals surface area contributed by atoms with E-state index in [1.165, 1.54) is 12.1 Å². The number of ether oxygens (including phenoxy) is 2. The summed E-state index contributed by atoms with van der Waals surface area (Å²) in [5.41, 5.74) is 1.60. The predicted molar refractivity (Wildman–Crippen MR) is 94.3 cm³/mol. The molecule has 0 aliphatic carbocycles. The van der Waals surface area contributed by atoms with Crippen LogP contribution in [0.15, 0.2) is 72.8 Å². The molecule has 0 heterocycles. The zero-order valence-electron chi connectivity index (χ0n) is 13.9. The lowest BCUT2D eigenvalue weighted by Crippen LogP contribution is -1.96. The standard InChI is InChI=1S/C21H19FO3/c1-15(23)17-7-12-21(20(22)13-17)25-19-10-8-18(9-11-19)24-14-16-5-3-2-4-6-16/h2-13,15,23H,14H2,1H3. The molecule has 0 aromatic heterocycles. The molecule has 1 N–H and O–H groups in total. The monoisotopic (exact) mass is 338 g/mol. The van der Waals surface area contributed by atoms with E-state index in [1.807, 2.05) is 30.3 Å². The lowest BCUT2D eigenvalue weighted by Gasteiger charge is -2.11. The number of rotatable bonds is 6. The Bertz CT molecular complexity index is 814. The van der Waals surface area contributed by atoms with Gasteiger partial charge in [0.05, 0.1) is 6.10 Å². The molecule has 0 radical (unpaired) electrons. The van der Waals surface area contributed by atoms with Crippen LogP contribution in [0.3, 0.4) is 0 Å². The third-order valence-electron chi connectivity index (χ3n) is 3.74. The topological polar surface area (TPSA) is 38.7 Å². The number of aliphatic hydroxyl groups excluding tert-OH is 1. The van der Waals surface area contributed by atoms with Gasteiger partial charge in [-0.1, -0.05) is 36.4 Å². The fourth-order valence-electron chi connectivity index (χ4n) is 2.33. The highest BCUT2D eigenvalue weighted by atomic mass is 19.1. The maximum absolute atomic E-state index is 14.0. The lowest BCUT2D eigenvalue weighted by molar-refractivity contribution is 0.198. The fourth-order valence-corrected chi connectivity index (χ4v) is 2.33. The van der Waals surface area contributed by atoms with E-state index in [1.54, 1.807) is 37.3 Å². The average Bonchev–Trinajstić information content (AvgIpc) is 2.63. The fraction of sp³-hybridized carbons (Fsp3) is 0.143. The van der Waals surface area contributed by atoms with E-state index in [0.717, 1.165) is 5.56 Å². The van der Waals surface area contributed by atoms with E-state index in [2.05, 4.69) is 0 Å². The van der Waals surface area contributed by atoms with Crippen molar-refractivity contribution >= 4 is 0 Å². The molecule has 128 valence electrons. The maximum atomic E-state index is 14.0. The second-order valence-corrected chi connectivity index (χ2v) is 5.71. The molecule has 1 atom stereocenters. The molecular formula is C21H19FO3. The molecule has 25 heavy (non-hydrogen) atoms. The Morgan fingerprint density at radius 1 is 0.920 bits per heavy atom. The highest BCUT2D eigenvalue weighted by Gasteiger charge is 2.09. The van der Waals surface area contributed by atoms with E-state index in [0.29, 0.717) is 23.7 Å². The van der Waals surface area contributed by atoms with Gasteiger partial charge in [-0.3, -0.25) is 0 Å². The van der Waals surface area contributed by atoms with Crippen LogP contribution in [0.1, 0.15) is 24.2 Å². The third kappa shape index (κ3) is 4.58. The maximum Gasteiger partial charge on any atom is 0.166 e. The van der Waals surface area contributed by atoms with Crippen LogP contribution in [-0.2, 0) is 6.61 Å². The van der Waals surface area contributed by atoms with Crippen molar-refractivity contribution in [2.24, 2.45) is 0 Å². The first-order valence-corrected chi connectivity index (χ1v) is 8.04. The predicted octanol–water partition coefficient (Wildman–Crippen LogP) is 5.25. The Morgan fingerprint density at radius 3 is 2.24 bits per heavy atom. The summed E-state index contributed by atoms with van der Waals surface area (Å²) in [4.78, 5) is 0. The molecule has 3 nitrogen and oxygen atoms in total. The minimum atomic E-state index is -0.718. The summed E-state index contributed by atoms with van der Waals surface area (Å²) in [5, 5.41) is 9.47. The van der Waals surface area contributed by atoms with E-state index in [9.17, 15) is 9.50 Å². The van der Waals surface area contributed by atoms with E-state index < -0.39 is 11.9 Å². The van der Waals surface area contributed by atoms with Gasteiger partial charge in [0.15, 0.2) is 11.6 Å². The Hall–Kier alpha value is -2.85. The summed E-state index contributed by atoms with van der Waals surface area (Å²) < 4.78 is 25.3. The molecule has 1 unspecified atom stereocenters. The first-order valence-electron chi connectivity index (χ1n) is 8.04. The average molecular weight is 338 g/mol. The third-order valence-corrected chi connectivity index (χ3v) is 3.74. The summed E-state index contributed by atoms with van der Waals surface area (Å²) >= 11 is 0. The van der Waals surface area contributed by atoms with Crippen LogP contribution >= 0.6 is 0 Å². The Morgan fingerprint density at radius 2 is 1.60 bits per heavy atom. The van der Waals surface area contributed by atoms with Gasteiger partial charge in [0.25, 0.3) is 0 Å². The molecule has 0 fully saturated rings. The summed E-state index contributed by atoms with van der Waals surface area (Å²) in [6.07, 6.45) is -0.718. The number of hydrogen-bond donors (Lipinski definition) is 1. The molecule has 0 aliphatic heterocycles. The Labute approximate surface area is 146 Å². The van der Waals surface area contributed by atoms with Gasteiger partial charge in [-0.05, 0) is 54.4 Å². The van der Waals surface area contributed by atoms with Crippen LogP contribution in [0.5, 0.6) is 17.2 Å². The van der Waals surface area contributed by atoms with E-state index in [4.69, 9.17) is 9.47 Å². The molecular weight excluding hydrogens is 319 g/mol. The first kappa shape index (κ1) is 17.0. The van der Waals surface area contributed by atoms with Crippen molar-refractivity contribution in [2.45, 2.75) is 19.6 Å². The highest BCUT2D eigenvalue weighted by molar-refractivity contribution is 5.37. The second-order valence-electron chi connectivity index (χ2n) is 5.71. The summed E-state index contributed by atoms with van der Waals surface area (Å²) in [6.45, 7) is 2.07. The quantitative estimate of drug-likeness (QED) is 0.667. The molecule has 0 spiro atoms. The summed E-state index contributed by atoms with van der Waals surface area (Å²) in [7, 11) is 0. The molecule has 0 saturated heterocycles. The van der Waals surface area contributed by atoms with Gasteiger partial charge < -0.3 is 14.6 Å². The zero-order chi connectivity index (χ0) is 17.6. The van der Waals surface area contributed by atoms with Crippen molar-refractivity contribution in [3.63, 3.8) is 0 Å². The molecule has 3 aromatic rings. The Kier molecular flexibility index (Phi) is 5.31. The van der Waals surface area contributed by atoms with Gasteiger partial charge in [0, 0.05) is 0 Å². The van der Waals surface area contributed by atoms with Gasteiger partial charge in [-0.25, -0.2) is 4.39 Å².